The van der Waals surface area contributed by atoms with Crippen molar-refractivity contribution in [3.05, 3.63) is 35.9 Å². The monoisotopic (exact) mass is 352 g/mol. The van der Waals surface area contributed by atoms with Gasteiger partial charge in [-0.25, -0.2) is 0 Å². The lowest BCUT2D eigenvalue weighted by Crippen LogP contribution is -2.50. The average Bonchev–Trinajstić information content (AvgIpc) is 2.48. The predicted octanol–water partition coefficient (Wildman–Crippen LogP) is 5.87. The molecule has 1 aromatic rings. The van der Waals surface area contributed by atoms with Crippen LogP contribution in [0.5, 0.6) is 0 Å². The molecule has 1 aromatic carbocycles. The molecule has 2 atom stereocenters. The maximum absolute atomic E-state index is 12.7. The quantitative estimate of drug-likeness (QED) is 0.500. The van der Waals surface area contributed by atoms with Gasteiger partial charge in [0.15, 0.2) is 14.1 Å². The molecule has 1 aliphatic rings. The van der Waals surface area contributed by atoms with Gasteiger partial charge in [-0.05, 0) is 36.5 Å². The van der Waals surface area contributed by atoms with Gasteiger partial charge in [-0.3, -0.25) is 4.79 Å². The third-order valence-electron chi connectivity index (χ3n) is 5.39. The highest BCUT2D eigenvalue weighted by atomic mass is 35.5. The number of Topliss-reactive ketones (excluding diaryl/α,β-unsaturated/α-hetero) is 1. The zero-order chi connectivity index (χ0) is 17.3. The number of alkyl halides is 1. The van der Waals surface area contributed by atoms with Crippen molar-refractivity contribution in [1.82, 2.24) is 0 Å². The van der Waals surface area contributed by atoms with Gasteiger partial charge in [0.1, 0.15) is 4.87 Å². The van der Waals surface area contributed by atoms with Crippen molar-refractivity contribution in [2.24, 2.45) is 0 Å². The molecule has 2 nitrogen and oxygen atoms in total. The number of carbonyl (C=O) groups excluding carboxylic acids is 1. The number of carbonyl (C=O) groups is 1. The normalized spacial score (nSPS) is 24.5. The Kier molecular flexibility index (Phi) is 5.44. The molecule has 0 N–H and O–H groups in total. The second kappa shape index (κ2) is 6.70. The van der Waals surface area contributed by atoms with Crippen molar-refractivity contribution < 1.29 is 9.22 Å². The van der Waals surface area contributed by atoms with Crippen LogP contribution in [0.3, 0.4) is 0 Å². The Morgan fingerprint density at radius 3 is 2.30 bits per heavy atom. The van der Waals surface area contributed by atoms with E-state index in [1.54, 1.807) is 0 Å². The highest BCUT2D eigenvalue weighted by Gasteiger charge is 2.50. The molecule has 0 unspecified atom stereocenters. The van der Waals surface area contributed by atoms with Crippen molar-refractivity contribution in [2.45, 2.75) is 75.6 Å². The fraction of sp³-hybridized carbons (Fsp3) is 0.632. The molecule has 0 radical (unpaired) electrons. The van der Waals surface area contributed by atoms with E-state index in [9.17, 15) is 4.79 Å². The van der Waals surface area contributed by atoms with Gasteiger partial charge in [0, 0.05) is 6.42 Å². The average molecular weight is 353 g/mol. The van der Waals surface area contributed by atoms with Crippen LogP contribution in [-0.2, 0) is 9.22 Å². The van der Waals surface area contributed by atoms with Crippen LogP contribution in [0.15, 0.2) is 30.3 Å². The summed E-state index contributed by atoms with van der Waals surface area (Å²) in [6.07, 6.45) is 2.82. The summed E-state index contributed by atoms with van der Waals surface area (Å²) in [5.41, 5.74) is 1.02. The summed E-state index contributed by atoms with van der Waals surface area (Å²) in [6.45, 7) is 11.1. The second-order valence-corrected chi connectivity index (χ2v) is 13.6. The van der Waals surface area contributed by atoms with Crippen LogP contribution >= 0.6 is 11.6 Å². The van der Waals surface area contributed by atoms with Crippen molar-refractivity contribution in [1.29, 1.82) is 0 Å². The summed E-state index contributed by atoms with van der Waals surface area (Å²) >= 11 is 6.93. The Hall–Kier alpha value is -0.643. The van der Waals surface area contributed by atoms with E-state index in [4.69, 9.17) is 16.0 Å². The van der Waals surface area contributed by atoms with Crippen LogP contribution in [0, 0.1) is 0 Å². The van der Waals surface area contributed by atoms with Gasteiger partial charge >= 0.3 is 0 Å². The third kappa shape index (κ3) is 3.89. The zero-order valence-electron chi connectivity index (χ0n) is 15.0. The molecule has 128 valence electrons. The number of benzene rings is 1. The molecule has 0 spiro atoms. The minimum absolute atomic E-state index is 0.0744. The molecule has 1 fully saturated rings. The lowest BCUT2D eigenvalue weighted by molar-refractivity contribution is -0.126. The highest BCUT2D eigenvalue weighted by molar-refractivity contribution is 6.74. The van der Waals surface area contributed by atoms with Crippen molar-refractivity contribution in [3.63, 3.8) is 0 Å². The predicted molar refractivity (Wildman–Crippen MR) is 99.5 cm³/mol. The van der Waals surface area contributed by atoms with Gasteiger partial charge in [-0.1, -0.05) is 57.5 Å². The summed E-state index contributed by atoms with van der Waals surface area (Å²) in [4.78, 5) is 11.7. The number of hydrogen-bond donors (Lipinski definition) is 0. The van der Waals surface area contributed by atoms with E-state index >= 15 is 0 Å². The Morgan fingerprint density at radius 2 is 1.78 bits per heavy atom. The first-order valence-corrected chi connectivity index (χ1v) is 11.8. The lowest BCUT2D eigenvalue weighted by atomic mass is 9.81. The van der Waals surface area contributed by atoms with Crippen molar-refractivity contribution in [2.75, 3.05) is 0 Å². The summed E-state index contributed by atoms with van der Waals surface area (Å²) in [5.74, 6) is 0.137. The van der Waals surface area contributed by atoms with Gasteiger partial charge < -0.3 is 4.43 Å². The van der Waals surface area contributed by atoms with Gasteiger partial charge in [0.2, 0.25) is 0 Å². The Morgan fingerprint density at radius 1 is 1.17 bits per heavy atom. The Bertz CT molecular complexity index is 550. The fourth-order valence-corrected chi connectivity index (χ4v) is 4.57. The molecule has 0 aliphatic heterocycles. The third-order valence-corrected chi connectivity index (χ3v) is 10.4. The number of ketones is 1. The first-order chi connectivity index (χ1) is 10.6. The second-order valence-electron chi connectivity index (χ2n) is 8.16. The number of rotatable bonds is 4. The first-order valence-electron chi connectivity index (χ1n) is 8.53. The summed E-state index contributed by atoms with van der Waals surface area (Å²) in [7, 11) is -2.05. The molecular weight excluding hydrogens is 324 g/mol. The van der Waals surface area contributed by atoms with Crippen LogP contribution in [0.2, 0.25) is 18.1 Å². The largest absolute Gasteiger partial charge is 0.408 e. The molecular formula is C19H29ClO2Si. The summed E-state index contributed by atoms with van der Waals surface area (Å²) < 4.78 is 6.69. The van der Waals surface area contributed by atoms with E-state index in [1.807, 2.05) is 30.3 Å². The van der Waals surface area contributed by atoms with Crippen LogP contribution in [0.1, 0.15) is 58.1 Å². The first kappa shape index (κ1) is 18.7. The lowest BCUT2D eigenvalue weighted by Gasteiger charge is -2.45. The van der Waals surface area contributed by atoms with E-state index < -0.39 is 13.2 Å². The smallest absolute Gasteiger partial charge is 0.193 e. The minimum atomic E-state index is -2.05. The van der Waals surface area contributed by atoms with Crippen molar-refractivity contribution >= 4 is 25.7 Å². The van der Waals surface area contributed by atoms with Crippen LogP contribution in [0.25, 0.3) is 0 Å². The molecule has 0 amide bonds. The van der Waals surface area contributed by atoms with Gasteiger partial charge in [0.25, 0.3) is 0 Å². The summed E-state index contributed by atoms with van der Waals surface area (Å²) in [6, 6.07) is 10.0. The molecule has 0 saturated heterocycles. The van der Waals surface area contributed by atoms with Gasteiger partial charge in [0.05, 0.1) is 6.10 Å². The standard InChI is InChI=1S/C19H29ClO2Si/c1-18(2,3)23(4,5)22-17(15-11-7-6-8-12-15)19(20)14-10-9-13-16(19)21/h6-8,11-12,17H,9-10,13-14H2,1-5H3/t17-,19+/m0/s1. The molecule has 23 heavy (non-hydrogen) atoms. The molecule has 1 aliphatic carbocycles. The molecule has 4 heteroatoms. The summed E-state index contributed by atoms with van der Waals surface area (Å²) in [5, 5.41) is 0.0744. The van der Waals surface area contributed by atoms with Crippen LogP contribution < -0.4 is 0 Å². The van der Waals surface area contributed by atoms with E-state index in [1.165, 1.54) is 0 Å². The van der Waals surface area contributed by atoms with Crippen LogP contribution in [-0.4, -0.2) is 19.0 Å². The number of hydrogen-bond acceptors (Lipinski definition) is 2. The minimum Gasteiger partial charge on any atom is -0.408 e. The molecule has 0 bridgehead atoms. The SMILES string of the molecule is CC(C)(C)[Si](C)(C)O[C@@H](c1ccccc1)[C@@]1(Cl)CCCCC1=O. The molecule has 0 heterocycles. The molecule has 1 saturated carbocycles. The van der Waals surface area contributed by atoms with E-state index in [-0.39, 0.29) is 16.9 Å². The van der Waals surface area contributed by atoms with Crippen molar-refractivity contribution in [3.8, 4) is 0 Å². The number of halogens is 1. The maximum Gasteiger partial charge on any atom is 0.193 e. The van der Waals surface area contributed by atoms with E-state index in [0.717, 1.165) is 18.4 Å². The Labute approximate surface area is 146 Å². The van der Waals surface area contributed by atoms with E-state index in [0.29, 0.717) is 12.8 Å². The van der Waals surface area contributed by atoms with Crippen LogP contribution in [0.4, 0.5) is 0 Å². The van der Waals surface area contributed by atoms with Gasteiger partial charge in [-0.2, -0.15) is 0 Å². The van der Waals surface area contributed by atoms with E-state index in [2.05, 4.69) is 33.9 Å². The Balaban J connectivity index is 2.43. The topological polar surface area (TPSA) is 26.3 Å². The molecule has 2 rings (SSSR count). The highest BCUT2D eigenvalue weighted by Crippen LogP contribution is 2.48. The maximum atomic E-state index is 12.7. The zero-order valence-corrected chi connectivity index (χ0v) is 16.7. The van der Waals surface area contributed by atoms with Gasteiger partial charge in [-0.15, -0.1) is 11.6 Å². The molecule has 0 aromatic heterocycles. The fourth-order valence-electron chi connectivity index (χ4n) is 2.82.